The lowest BCUT2D eigenvalue weighted by molar-refractivity contribution is 0.246. The average Bonchev–Trinajstić information content (AvgIpc) is 2.12. The summed E-state index contributed by atoms with van der Waals surface area (Å²) in [4.78, 5) is 0. The van der Waals surface area contributed by atoms with Gasteiger partial charge in [-0.2, -0.15) is 11.8 Å². The molecule has 2 atom stereocenters. The average molecular weight is 191 g/mol. The summed E-state index contributed by atoms with van der Waals surface area (Å²) in [6, 6.07) is 0.279. The largest absolute Gasteiger partial charge is 0.395 e. The maximum absolute atomic E-state index is 8.88. The first kappa shape index (κ1) is 12.3. The fraction of sp³-hybridized carbons (Fsp3) is 1.00. The number of hydrogen-bond acceptors (Lipinski definition) is 3. The van der Waals surface area contributed by atoms with Crippen LogP contribution in [-0.4, -0.2) is 35.8 Å². The van der Waals surface area contributed by atoms with Crippen molar-refractivity contribution < 1.29 is 5.11 Å². The van der Waals surface area contributed by atoms with E-state index < -0.39 is 0 Å². The summed E-state index contributed by atoms with van der Waals surface area (Å²) in [5, 5.41) is 12.7. The van der Waals surface area contributed by atoms with Crippen LogP contribution >= 0.6 is 11.8 Å². The Balaban J connectivity index is 3.28. The zero-order valence-electron chi connectivity index (χ0n) is 8.34. The third kappa shape index (κ3) is 5.86. The van der Waals surface area contributed by atoms with E-state index in [1.165, 1.54) is 6.42 Å². The van der Waals surface area contributed by atoms with Crippen LogP contribution in [0.5, 0.6) is 0 Å². The lowest BCUT2D eigenvalue weighted by Crippen LogP contribution is -2.29. The molecule has 3 heteroatoms. The van der Waals surface area contributed by atoms with Crippen LogP contribution in [0, 0.1) is 0 Å². The Morgan fingerprint density at radius 2 is 2.17 bits per heavy atom. The van der Waals surface area contributed by atoms with Gasteiger partial charge in [0.2, 0.25) is 0 Å². The molecule has 0 heterocycles. The summed E-state index contributed by atoms with van der Waals surface area (Å²) in [5.41, 5.74) is 0. The van der Waals surface area contributed by atoms with Crippen molar-refractivity contribution in [1.82, 2.24) is 5.32 Å². The topological polar surface area (TPSA) is 32.3 Å². The predicted octanol–water partition coefficient (Wildman–Crippen LogP) is 1.49. The Morgan fingerprint density at radius 1 is 1.50 bits per heavy atom. The van der Waals surface area contributed by atoms with E-state index in [9.17, 15) is 0 Å². The zero-order valence-corrected chi connectivity index (χ0v) is 9.16. The Hall–Kier alpha value is 0.270. The van der Waals surface area contributed by atoms with E-state index in [4.69, 9.17) is 5.11 Å². The first-order valence-corrected chi connectivity index (χ1v) is 5.69. The Labute approximate surface area is 80.1 Å². The van der Waals surface area contributed by atoms with Gasteiger partial charge in [-0.1, -0.05) is 13.8 Å². The summed E-state index contributed by atoms with van der Waals surface area (Å²) in [5.74, 6) is 1.14. The number of thioether (sulfide) groups is 1. The Morgan fingerprint density at radius 3 is 2.58 bits per heavy atom. The lowest BCUT2D eigenvalue weighted by atomic mass is 10.2. The van der Waals surface area contributed by atoms with E-state index in [0.29, 0.717) is 0 Å². The van der Waals surface area contributed by atoms with Gasteiger partial charge in [0.15, 0.2) is 0 Å². The van der Waals surface area contributed by atoms with E-state index in [0.717, 1.165) is 17.4 Å². The van der Waals surface area contributed by atoms with Crippen LogP contribution in [0.1, 0.15) is 26.7 Å². The second kappa shape index (κ2) is 7.90. The van der Waals surface area contributed by atoms with Crippen LogP contribution in [-0.2, 0) is 0 Å². The molecule has 74 valence electrons. The van der Waals surface area contributed by atoms with E-state index >= 15 is 0 Å². The molecular formula is C9H21NOS. The third-order valence-electron chi connectivity index (χ3n) is 2.07. The standard InChI is InChI=1S/C9H21NOS/c1-4-8(2)12-6-5-9(7-11)10-3/h8-11H,4-7H2,1-3H3. The normalized spacial score (nSPS) is 16.0. The summed E-state index contributed by atoms with van der Waals surface area (Å²) in [7, 11) is 1.90. The Kier molecular flexibility index (Phi) is 8.07. The molecule has 0 saturated heterocycles. The van der Waals surface area contributed by atoms with Crippen molar-refractivity contribution in [2.24, 2.45) is 0 Å². The highest BCUT2D eigenvalue weighted by Gasteiger charge is 2.04. The van der Waals surface area contributed by atoms with Crippen molar-refractivity contribution in [3.05, 3.63) is 0 Å². The second-order valence-corrected chi connectivity index (χ2v) is 4.59. The number of rotatable bonds is 7. The molecular weight excluding hydrogens is 170 g/mol. The van der Waals surface area contributed by atoms with Crippen LogP contribution in [0.15, 0.2) is 0 Å². The summed E-state index contributed by atoms with van der Waals surface area (Å²) in [6.07, 6.45) is 2.29. The highest BCUT2D eigenvalue weighted by Crippen LogP contribution is 2.14. The molecule has 0 radical (unpaired) electrons. The summed E-state index contributed by atoms with van der Waals surface area (Å²) < 4.78 is 0. The maximum atomic E-state index is 8.88. The maximum Gasteiger partial charge on any atom is 0.0584 e. The number of aliphatic hydroxyl groups is 1. The SMILES string of the molecule is CCC(C)SCCC(CO)NC. The smallest absolute Gasteiger partial charge is 0.0584 e. The van der Waals surface area contributed by atoms with Gasteiger partial charge in [0.25, 0.3) is 0 Å². The molecule has 2 N–H and O–H groups in total. The number of nitrogens with one attached hydrogen (secondary N) is 1. The second-order valence-electron chi connectivity index (χ2n) is 3.05. The molecule has 12 heavy (non-hydrogen) atoms. The lowest BCUT2D eigenvalue weighted by Gasteiger charge is -2.14. The van der Waals surface area contributed by atoms with Crippen molar-refractivity contribution in [1.29, 1.82) is 0 Å². The fourth-order valence-electron chi connectivity index (χ4n) is 0.856. The van der Waals surface area contributed by atoms with Crippen LogP contribution in [0.4, 0.5) is 0 Å². The van der Waals surface area contributed by atoms with Gasteiger partial charge >= 0.3 is 0 Å². The van der Waals surface area contributed by atoms with Crippen molar-refractivity contribution >= 4 is 11.8 Å². The van der Waals surface area contributed by atoms with Crippen LogP contribution < -0.4 is 5.32 Å². The van der Waals surface area contributed by atoms with E-state index in [2.05, 4.69) is 19.2 Å². The summed E-state index contributed by atoms with van der Waals surface area (Å²) in [6.45, 7) is 4.70. The molecule has 0 aromatic heterocycles. The highest BCUT2D eigenvalue weighted by molar-refractivity contribution is 7.99. The van der Waals surface area contributed by atoms with E-state index in [1.807, 2.05) is 18.8 Å². The molecule has 0 rings (SSSR count). The quantitative estimate of drug-likeness (QED) is 0.639. The minimum Gasteiger partial charge on any atom is -0.395 e. The van der Waals surface area contributed by atoms with Gasteiger partial charge in [0.05, 0.1) is 6.61 Å². The van der Waals surface area contributed by atoms with Gasteiger partial charge in [-0.3, -0.25) is 0 Å². The minimum absolute atomic E-state index is 0.248. The molecule has 0 fully saturated rings. The number of aliphatic hydroxyl groups excluding tert-OH is 1. The first-order chi connectivity index (χ1) is 5.74. The van der Waals surface area contributed by atoms with Gasteiger partial charge in [-0.05, 0) is 25.6 Å². The van der Waals surface area contributed by atoms with Gasteiger partial charge in [0, 0.05) is 11.3 Å². The van der Waals surface area contributed by atoms with Crippen LogP contribution in [0.2, 0.25) is 0 Å². The zero-order chi connectivity index (χ0) is 9.40. The molecule has 0 aromatic rings. The predicted molar refractivity (Wildman–Crippen MR) is 56.8 cm³/mol. The van der Waals surface area contributed by atoms with Gasteiger partial charge < -0.3 is 10.4 Å². The highest BCUT2D eigenvalue weighted by atomic mass is 32.2. The molecule has 0 aliphatic rings. The van der Waals surface area contributed by atoms with E-state index in [-0.39, 0.29) is 12.6 Å². The van der Waals surface area contributed by atoms with Crippen molar-refractivity contribution in [2.75, 3.05) is 19.4 Å². The molecule has 0 bridgehead atoms. The van der Waals surface area contributed by atoms with Gasteiger partial charge in [-0.25, -0.2) is 0 Å². The fourth-order valence-corrected chi connectivity index (χ4v) is 1.91. The van der Waals surface area contributed by atoms with E-state index in [1.54, 1.807) is 0 Å². The minimum atomic E-state index is 0.248. The Bertz CT molecular complexity index is 96.5. The van der Waals surface area contributed by atoms with Gasteiger partial charge in [0.1, 0.15) is 0 Å². The first-order valence-electron chi connectivity index (χ1n) is 4.64. The molecule has 0 aromatic carbocycles. The van der Waals surface area contributed by atoms with Crippen molar-refractivity contribution in [2.45, 2.75) is 38.0 Å². The monoisotopic (exact) mass is 191 g/mol. The molecule has 0 aliphatic carbocycles. The molecule has 0 saturated carbocycles. The molecule has 2 unspecified atom stereocenters. The molecule has 0 aliphatic heterocycles. The van der Waals surface area contributed by atoms with Crippen LogP contribution in [0.25, 0.3) is 0 Å². The molecule has 0 spiro atoms. The number of likely N-dealkylation sites (N-methyl/N-ethyl adjacent to an activating group) is 1. The third-order valence-corrected chi connectivity index (χ3v) is 3.45. The molecule has 0 amide bonds. The van der Waals surface area contributed by atoms with Crippen molar-refractivity contribution in [3.8, 4) is 0 Å². The van der Waals surface area contributed by atoms with Crippen LogP contribution in [0.3, 0.4) is 0 Å². The van der Waals surface area contributed by atoms with Gasteiger partial charge in [-0.15, -0.1) is 0 Å². The molecule has 2 nitrogen and oxygen atoms in total. The number of hydrogen-bond donors (Lipinski definition) is 2. The summed E-state index contributed by atoms with van der Waals surface area (Å²) >= 11 is 1.98. The van der Waals surface area contributed by atoms with Crippen molar-refractivity contribution in [3.63, 3.8) is 0 Å².